The molecule has 1 atom stereocenters. The van der Waals surface area contributed by atoms with Crippen molar-refractivity contribution < 1.29 is 14.6 Å². The second kappa shape index (κ2) is 8.36. The third-order valence-electron chi connectivity index (χ3n) is 3.30. The molecule has 0 radical (unpaired) electrons. The fourth-order valence-electron chi connectivity index (χ4n) is 2.06. The van der Waals surface area contributed by atoms with Crippen LogP contribution in [0.25, 0.3) is 0 Å². The Kier molecular flexibility index (Phi) is 6.19. The zero-order valence-electron chi connectivity index (χ0n) is 13.1. The van der Waals surface area contributed by atoms with Crippen molar-refractivity contribution in [2.45, 2.75) is 6.10 Å². The molecule has 5 nitrogen and oxygen atoms in total. The van der Waals surface area contributed by atoms with Gasteiger partial charge in [-0.1, -0.05) is 30.3 Å². The first kappa shape index (κ1) is 17.1. The summed E-state index contributed by atoms with van der Waals surface area (Å²) in [7, 11) is 3.18. The zero-order valence-corrected chi connectivity index (χ0v) is 13.9. The third kappa shape index (κ3) is 4.84. The summed E-state index contributed by atoms with van der Waals surface area (Å²) >= 11 is 5.26. The summed E-state index contributed by atoms with van der Waals surface area (Å²) in [6.07, 6.45) is -0.636. The van der Waals surface area contributed by atoms with Crippen molar-refractivity contribution in [1.82, 2.24) is 5.32 Å². The molecule has 0 aliphatic carbocycles. The Labute approximate surface area is 141 Å². The normalized spacial score (nSPS) is 11.4. The predicted molar refractivity (Wildman–Crippen MR) is 95.2 cm³/mol. The SMILES string of the molecule is COc1ccc(OC)c(NC(=S)NC[C@H](O)c2ccccc2)c1. The average molecular weight is 332 g/mol. The molecule has 23 heavy (non-hydrogen) atoms. The molecular weight excluding hydrogens is 312 g/mol. The van der Waals surface area contributed by atoms with Crippen molar-refractivity contribution in [2.75, 3.05) is 26.1 Å². The molecule has 0 aliphatic heterocycles. The Morgan fingerprint density at radius 3 is 2.52 bits per heavy atom. The lowest BCUT2D eigenvalue weighted by Gasteiger charge is -2.16. The van der Waals surface area contributed by atoms with Gasteiger partial charge >= 0.3 is 0 Å². The lowest BCUT2D eigenvalue weighted by atomic mass is 10.1. The summed E-state index contributed by atoms with van der Waals surface area (Å²) < 4.78 is 10.5. The van der Waals surface area contributed by atoms with Crippen LogP contribution in [-0.2, 0) is 0 Å². The number of hydrogen-bond donors (Lipinski definition) is 3. The molecule has 0 heterocycles. The first-order valence-corrected chi connectivity index (χ1v) is 7.54. The molecule has 0 saturated carbocycles. The number of rotatable bonds is 6. The third-order valence-corrected chi connectivity index (χ3v) is 3.54. The Hall–Kier alpha value is -2.31. The summed E-state index contributed by atoms with van der Waals surface area (Å²) in [6, 6.07) is 14.8. The van der Waals surface area contributed by atoms with Gasteiger partial charge < -0.3 is 25.2 Å². The second-order valence-electron chi connectivity index (χ2n) is 4.83. The number of ether oxygens (including phenoxy) is 2. The molecule has 0 aliphatic rings. The number of benzene rings is 2. The van der Waals surface area contributed by atoms with Gasteiger partial charge in [0.2, 0.25) is 0 Å². The van der Waals surface area contributed by atoms with Gasteiger partial charge in [-0.05, 0) is 29.9 Å². The lowest BCUT2D eigenvalue weighted by molar-refractivity contribution is 0.181. The van der Waals surface area contributed by atoms with Crippen LogP contribution in [0.15, 0.2) is 48.5 Å². The quantitative estimate of drug-likeness (QED) is 0.707. The van der Waals surface area contributed by atoms with Crippen LogP contribution < -0.4 is 20.1 Å². The predicted octanol–water partition coefficient (Wildman–Crippen LogP) is 2.72. The van der Waals surface area contributed by atoms with Crippen LogP contribution in [0.3, 0.4) is 0 Å². The Morgan fingerprint density at radius 1 is 1.13 bits per heavy atom. The highest BCUT2D eigenvalue weighted by atomic mass is 32.1. The van der Waals surface area contributed by atoms with Gasteiger partial charge in [0.1, 0.15) is 11.5 Å². The van der Waals surface area contributed by atoms with Crippen molar-refractivity contribution >= 4 is 23.0 Å². The van der Waals surface area contributed by atoms with Crippen LogP contribution >= 0.6 is 12.2 Å². The number of aliphatic hydroxyl groups is 1. The number of nitrogens with one attached hydrogen (secondary N) is 2. The molecule has 0 unspecified atom stereocenters. The van der Waals surface area contributed by atoms with Crippen molar-refractivity contribution in [3.8, 4) is 11.5 Å². The van der Waals surface area contributed by atoms with E-state index in [2.05, 4.69) is 10.6 Å². The minimum Gasteiger partial charge on any atom is -0.497 e. The van der Waals surface area contributed by atoms with Gasteiger partial charge in [-0.15, -0.1) is 0 Å². The highest BCUT2D eigenvalue weighted by Crippen LogP contribution is 2.28. The van der Waals surface area contributed by atoms with Crippen molar-refractivity contribution in [3.05, 3.63) is 54.1 Å². The molecule has 0 spiro atoms. The molecule has 3 N–H and O–H groups in total. The van der Waals surface area contributed by atoms with Crippen LogP contribution in [0.2, 0.25) is 0 Å². The molecule has 2 rings (SSSR count). The number of aliphatic hydroxyl groups excluding tert-OH is 1. The van der Waals surface area contributed by atoms with Gasteiger partial charge in [0, 0.05) is 12.6 Å². The van der Waals surface area contributed by atoms with E-state index in [0.717, 1.165) is 5.56 Å². The Balaban J connectivity index is 1.94. The molecular formula is C17H20N2O3S. The largest absolute Gasteiger partial charge is 0.497 e. The first-order chi connectivity index (χ1) is 11.1. The maximum atomic E-state index is 10.1. The van der Waals surface area contributed by atoms with E-state index in [1.54, 1.807) is 32.4 Å². The molecule has 0 fully saturated rings. The fraction of sp³-hybridized carbons (Fsp3) is 0.235. The Morgan fingerprint density at radius 2 is 1.87 bits per heavy atom. The molecule has 0 saturated heterocycles. The molecule has 0 bridgehead atoms. The van der Waals surface area contributed by atoms with Gasteiger partial charge in [-0.3, -0.25) is 0 Å². The van der Waals surface area contributed by atoms with E-state index in [9.17, 15) is 5.11 Å². The van der Waals surface area contributed by atoms with Crippen LogP contribution in [-0.4, -0.2) is 31.0 Å². The van der Waals surface area contributed by atoms with Crippen molar-refractivity contribution in [2.24, 2.45) is 0 Å². The number of anilines is 1. The molecule has 0 amide bonds. The second-order valence-corrected chi connectivity index (χ2v) is 5.24. The van der Waals surface area contributed by atoms with Crippen LogP contribution in [0.4, 0.5) is 5.69 Å². The van der Waals surface area contributed by atoms with Gasteiger partial charge in [-0.2, -0.15) is 0 Å². The minimum atomic E-state index is -0.636. The summed E-state index contributed by atoms with van der Waals surface area (Å²) in [5.41, 5.74) is 1.53. The summed E-state index contributed by atoms with van der Waals surface area (Å²) in [5, 5.41) is 16.6. The summed E-state index contributed by atoms with van der Waals surface area (Å²) in [6.45, 7) is 0.308. The summed E-state index contributed by atoms with van der Waals surface area (Å²) in [4.78, 5) is 0. The number of methoxy groups -OCH3 is 2. The number of thiocarbonyl (C=S) groups is 1. The van der Waals surface area contributed by atoms with Crippen LogP contribution in [0.5, 0.6) is 11.5 Å². The zero-order chi connectivity index (χ0) is 16.7. The van der Waals surface area contributed by atoms with Gasteiger partial charge in [0.15, 0.2) is 5.11 Å². The fourth-order valence-corrected chi connectivity index (χ4v) is 2.25. The standard InChI is InChI=1S/C17H20N2O3S/c1-21-13-8-9-16(22-2)14(10-13)19-17(23)18-11-15(20)12-6-4-3-5-7-12/h3-10,15,20H,11H2,1-2H3,(H2,18,19,23)/t15-/m0/s1. The van der Waals surface area contributed by atoms with E-state index in [1.807, 2.05) is 30.3 Å². The molecule has 2 aromatic rings. The summed E-state index contributed by atoms with van der Waals surface area (Å²) in [5.74, 6) is 1.35. The van der Waals surface area contributed by atoms with E-state index in [0.29, 0.717) is 28.8 Å². The van der Waals surface area contributed by atoms with E-state index in [-0.39, 0.29) is 0 Å². The van der Waals surface area contributed by atoms with Crippen molar-refractivity contribution in [3.63, 3.8) is 0 Å². The topological polar surface area (TPSA) is 62.8 Å². The number of hydrogen-bond acceptors (Lipinski definition) is 4. The van der Waals surface area contributed by atoms with E-state index in [4.69, 9.17) is 21.7 Å². The first-order valence-electron chi connectivity index (χ1n) is 7.14. The molecule has 0 aromatic heterocycles. The monoisotopic (exact) mass is 332 g/mol. The lowest BCUT2D eigenvalue weighted by Crippen LogP contribution is -2.32. The average Bonchev–Trinajstić information content (AvgIpc) is 2.60. The highest BCUT2D eigenvalue weighted by molar-refractivity contribution is 7.80. The minimum absolute atomic E-state index is 0.308. The van der Waals surface area contributed by atoms with E-state index >= 15 is 0 Å². The van der Waals surface area contributed by atoms with Crippen LogP contribution in [0.1, 0.15) is 11.7 Å². The van der Waals surface area contributed by atoms with E-state index < -0.39 is 6.10 Å². The van der Waals surface area contributed by atoms with Crippen LogP contribution in [0, 0.1) is 0 Å². The Bertz CT molecular complexity index is 650. The molecule has 2 aromatic carbocycles. The molecule has 6 heteroatoms. The highest BCUT2D eigenvalue weighted by Gasteiger charge is 2.10. The maximum absolute atomic E-state index is 10.1. The maximum Gasteiger partial charge on any atom is 0.170 e. The smallest absolute Gasteiger partial charge is 0.170 e. The van der Waals surface area contributed by atoms with Gasteiger partial charge in [0.05, 0.1) is 26.0 Å². The van der Waals surface area contributed by atoms with Gasteiger partial charge in [-0.25, -0.2) is 0 Å². The van der Waals surface area contributed by atoms with Gasteiger partial charge in [0.25, 0.3) is 0 Å². The van der Waals surface area contributed by atoms with E-state index in [1.165, 1.54) is 0 Å². The molecule has 122 valence electrons. The van der Waals surface area contributed by atoms with Crippen molar-refractivity contribution in [1.29, 1.82) is 0 Å².